The Morgan fingerprint density at radius 3 is 3.00 bits per heavy atom. The van der Waals surface area contributed by atoms with Gasteiger partial charge < -0.3 is 11.1 Å². The molecule has 3 heterocycles. The second kappa shape index (κ2) is 4.78. The first-order valence-electron chi connectivity index (χ1n) is 5.66. The molecule has 1 amide bonds. The minimum Gasteiger partial charge on any atom is -0.365 e. The van der Waals surface area contributed by atoms with Crippen molar-refractivity contribution in [2.75, 3.05) is 5.32 Å². The Morgan fingerprint density at radius 1 is 1.35 bits per heavy atom. The number of nitrogens with one attached hydrogen (secondary N) is 1. The van der Waals surface area contributed by atoms with Gasteiger partial charge in [-0.05, 0) is 12.1 Å². The molecule has 3 aromatic rings. The van der Waals surface area contributed by atoms with Gasteiger partial charge in [0.1, 0.15) is 16.6 Å². The fourth-order valence-electron chi connectivity index (χ4n) is 1.79. The lowest BCUT2D eigenvalue weighted by atomic mass is 10.2. The molecule has 100 valence electrons. The third kappa shape index (κ3) is 2.14. The second-order valence-electron chi connectivity index (χ2n) is 3.95. The van der Waals surface area contributed by atoms with Gasteiger partial charge in [0.25, 0.3) is 5.91 Å². The Morgan fingerprint density at radius 2 is 2.20 bits per heavy atom. The van der Waals surface area contributed by atoms with E-state index in [1.165, 1.54) is 0 Å². The molecule has 20 heavy (non-hydrogen) atoms. The Bertz CT molecular complexity index is 799. The van der Waals surface area contributed by atoms with Gasteiger partial charge in [0.15, 0.2) is 0 Å². The number of carbonyl (C=O) groups is 1. The monoisotopic (exact) mass is 288 g/mol. The fraction of sp³-hybridized carbons (Fsp3) is 0. The highest BCUT2D eigenvalue weighted by Gasteiger charge is 2.12. The van der Waals surface area contributed by atoms with Crippen LogP contribution in [0.2, 0.25) is 5.15 Å². The summed E-state index contributed by atoms with van der Waals surface area (Å²) in [5, 5.41) is 3.22. The molecule has 0 unspecified atom stereocenters. The highest BCUT2D eigenvalue weighted by atomic mass is 35.5. The molecule has 8 heteroatoms. The first kappa shape index (κ1) is 12.4. The zero-order valence-electron chi connectivity index (χ0n) is 10.1. The number of rotatable bonds is 3. The van der Waals surface area contributed by atoms with Crippen LogP contribution in [0, 0.1) is 0 Å². The molecule has 3 rings (SSSR count). The highest BCUT2D eigenvalue weighted by molar-refractivity contribution is 6.29. The first-order chi connectivity index (χ1) is 9.65. The molecule has 0 radical (unpaired) electrons. The number of amides is 1. The van der Waals surface area contributed by atoms with Crippen LogP contribution in [-0.4, -0.2) is 25.3 Å². The van der Waals surface area contributed by atoms with Crippen molar-refractivity contribution in [3.8, 4) is 0 Å². The summed E-state index contributed by atoms with van der Waals surface area (Å²) in [5.41, 5.74) is 6.20. The number of aromatic nitrogens is 4. The number of nitrogens with zero attached hydrogens (tertiary/aromatic N) is 4. The van der Waals surface area contributed by atoms with Gasteiger partial charge in [-0.2, -0.15) is 0 Å². The lowest BCUT2D eigenvalue weighted by Crippen LogP contribution is -2.15. The van der Waals surface area contributed by atoms with Gasteiger partial charge in [-0.3, -0.25) is 9.20 Å². The van der Waals surface area contributed by atoms with Crippen molar-refractivity contribution < 1.29 is 4.79 Å². The summed E-state index contributed by atoms with van der Waals surface area (Å²) in [7, 11) is 0. The van der Waals surface area contributed by atoms with Gasteiger partial charge in [0.05, 0.1) is 5.56 Å². The minimum absolute atomic E-state index is 0.266. The summed E-state index contributed by atoms with van der Waals surface area (Å²) in [4.78, 5) is 23.7. The molecule has 0 spiro atoms. The second-order valence-corrected chi connectivity index (χ2v) is 4.33. The number of pyridine rings is 1. The van der Waals surface area contributed by atoms with E-state index in [9.17, 15) is 4.79 Å². The summed E-state index contributed by atoms with van der Waals surface area (Å²) in [6, 6.07) is 4.83. The fourth-order valence-corrected chi connectivity index (χ4v) is 1.97. The third-order valence-corrected chi connectivity index (χ3v) is 2.86. The van der Waals surface area contributed by atoms with Crippen molar-refractivity contribution in [3.05, 3.63) is 47.5 Å². The predicted octanol–water partition coefficient (Wildman–Crippen LogP) is 1.62. The minimum atomic E-state index is -0.579. The van der Waals surface area contributed by atoms with E-state index in [1.807, 2.05) is 0 Å². The topological polar surface area (TPSA) is 98.2 Å². The maximum Gasteiger partial charge on any atom is 0.252 e. The molecule has 0 aliphatic rings. The van der Waals surface area contributed by atoms with E-state index in [0.29, 0.717) is 17.4 Å². The van der Waals surface area contributed by atoms with E-state index in [4.69, 9.17) is 17.3 Å². The van der Waals surface area contributed by atoms with E-state index in [-0.39, 0.29) is 10.7 Å². The van der Waals surface area contributed by atoms with Crippen LogP contribution in [0.5, 0.6) is 0 Å². The number of hydrogen-bond donors (Lipinski definition) is 2. The van der Waals surface area contributed by atoms with Crippen LogP contribution in [-0.2, 0) is 0 Å². The van der Waals surface area contributed by atoms with Crippen molar-refractivity contribution in [2.24, 2.45) is 5.73 Å². The average molecular weight is 289 g/mol. The van der Waals surface area contributed by atoms with Crippen LogP contribution in [0.1, 0.15) is 10.4 Å². The molecular formula is C12H9ClN6O. The first-order valence-corrected chi connectivity index (χ1v) is 6.04. The van der Waals surface area contributed by atoms with Gasteiger partial charge in [0, 0.05) is 24.7 Å². The summed E-state index contributed by atoms with van der Waals surface area (Å²) in [6.07, 6.45) is 4.88. The normalized spacial score (nSPS) is 10.7. The Balaban J connectivity index is 2.10. The molecule has 0 aliphatic heterocycles. The summed E-state index contributed by atoms with van der Waals surface area (Å²) >= 11 is 5.93. The summed E-state index contributed by atoms with van der Waals surface area (Å²) < 4.78 is 1.69. The van der Waals surface area contributed by atoms with E-state index in [1.54, 1.807) is 41.2 Å². The molecule has 0 aromatic carbocycles. The van der Waals surface area contributed by atoms with E-state index < -0.39 is 5.91 Å². The van der Waals surface area contributed by atoms with Gasteiger partial charge >= 0.3 is 0 Å². The van der Waals surface area contributed by atoms with Crippen molar-refractivity contribution in [2.45, 2.75) is 0 Å². The maximum absolute atomic E-state index is 11.4. The molecule has 7 nitrogen and oxygen atoms in total. The summed E-state index contributed by atoms with van der Waals surface area (Å²) in [6.45, 7) is 0. The number of nitrogens with two attached hydrogens (primary N) is 1. The zero-order valence-corrected chi connectivity index (χ0v) is 10.9. The number of fused-ring (bicyclic) bond motifs is 1. The molecule has 0 saturated carbocycles. The predicted molar refractivity (Wildman–Crippen MR) is 74.0 cm³/mol. The smallest absolute Gasteiger partial charge is 0.252 e. The SMILES string of the molecule is NC(=O)c1cccnc1Nc1nc(Cl)cc2nccn12. The average Bonchev–Trinajstić information content (AvgIpc) is 2.87. The maximum atomic E-state index is 11.4. The molecule has 0 aliphatic carbocycles. The molecule has 3 aromatic heterocycles. The molecule has 0 saturated heterocycles. The van der Waals surface area contributed by atoms with Gasteiger partial charge in [-0.25, -0.2) is 15.0 Å². The lowest BCUT2D eigenvalue weighted by molar-refractivity contribution is 0.100. The standard InChI is InChI=1S/C12H9ClN6O/c13-8-6-9-15-4-5-19(9)12(17-8)18-11-7(10(14)20)2-1-3-16-11/h1-6H,(H2,14,20)(H,16,17,18). The van der Waals surface area contributed by atoms with Crippen molar-refractivity contribution in [1.29, 1.82) is 0 Å². The number of anilines is 2. The van der Waals surface area contributed by atoms with Gasteiger partial charge in [-0.1, -0.05) is 11.6 Å². The van der Waals surface area contributed by atoms with Crippen LogP contribution in [0.25, 0.3) is 5.65 Å². The van der Waals surface area contributed by atoms with Crippen LogP contribution in [0.15, 0.2) is 36.8 Å². The zero-order chi connectivity index (χ0) is 14.1. The van der Waals surface area contributed by atoms with E-state index >= 15 is 0 Å². The number of hydrogen-bond acceptors (Lipinski definition) is 5. The van der Waals surface area contributed by atoms with E-state index in [0.717, 1.165) is 0 Å². The number of imidazole rings is 1. The summed E-state index contributed by atoms with van der Waals surface area (Å²) in [5.74, 6) is 0.125. The van der Waals surface area contributed by atoms with Gasteiger partial charge in [-0.15, -0.1) is 0 Å². The Hall–Kier alpha value is -2.67. The van der Waals surface area contributed by atoms with Crippen LogP contribution in [0.4, 0.5) is 11.8 Å². The largest absolute Gasteiger partial charge is 0.365 e. The van der Waals surface area contributed by atoms with Crippen molar-refractivity contribution in [3.63, 3.8) is 0 Å². The quantitative estimate of drug-likeness (QED) is 0.714. The van der Waals surface area contributed by atoms with E-state index in [2.05, 4.69) is 20.3 Å². The van der Waals surface area contributed by atoms with Crippen LogP contribution in [0.3, 0.4) is 0 Å². The Labute approximate surface area is 118 Å². The van der Waals surface area contributed by atoms with Gasteiger partial charge in [0.2, 0.25) is 5.95 Å². The molecule has 0 atom stereocenters. The number of halogens is 1. The third-order valence-electron chi connectivity index (χ3n) is 2.66. The van der Waals surface area contributed by atoms with Crippen LogP contribution >= 0.6 is 11.6 Å². The number of primary amides is 1. The molecule has 0 bridgehead atoms. The molecular weight excluding hydrogens is 280 g/mol. The number of carbonyl (C=O) groups excluding carboxylic acids is 1. The highest BCUT2D eigenvalue weighted by Crippen LogP contribution is 2.20. The van der Waals surface area contributed by atoms with Crippen molar-refractivity contribution >= 4 is 34.9 Å². The lowest BCUT2D eigenvalue weighted by Gasteiger charge is -2.09. The Kier molecular flexibility index (Phi) is 2.96. The molecule has 3 N–H and O–H groups in total. The van der Waals surface area contributed by atoms with Crippen molar-refractivity contribution in [1.82, 2.24) is 19.4 Å². The van der Waals surface area contributed by atoms with Crippen LogP contribution < -0.4 is 11.1 Å². The molecule has 0 fully saturated rings.